The number of piperidine rings is 1. The zero-order valence-electron chi connectivity index (χ0n) is 17.4. The number of hydrogen-bond acceptors (Lipinski definition) is 5. The number of Topliss-reactive ketones (excluding diaryl/α,β-unsaturated/α-hetero) is 1. The van der Waals surface area contributed by atoms with Crippen molar-refractivity contribution in [2.45, 2.75) is 31.1 Å². The summed E-state index contributed by atoms with van der Waals surface area (Å²) in [5.41, 5.74) is 3.80. The number of nitrogens with zero attached hydrogens (tertiary/aromatic N) is 1. The van der Waals surface area contributed by atoms with Crippen LogP contribution in [0.3, 0.4) is 0 Å². The molecular formula is C25H26N2O3S. The molecule has 5 rings (SSSR count). The monoisotopic (exact) mass is 434 g/mol. The molecule has 1 saturated heterocycles. The van der Waals surface area contributed by atoms with Crippen LogP contribution >= 0.6 is 11.8 Å². The van der Waals surface area contributed by atoms with Crippen LogP contribution in [-0.4, -0.2) is 47.2 Å². The number of likely N-dealkylation sites (tertiary alicyclic amines) is 1. The fourth-order valence-corrected chi connectivity index (χ4v) is 5.54. The molecule has 0 atom stereocenters. The molecule has 2 aliphatic rings. The van der Waals surface area contributed by atoms with Crippen LogP contribution in [-0.2, 0) is 12.2 Å². The number of rotatable bonds is 5. The van der Waals surface area contributed by atoms with Gasteiger partial charge < -0.3 is 9.72 Å². The number of thioether (sulfide) groups is 1. The molecule has 6 heteroatoms. The molecule has 0 aliphatic carbocycles. The molecule has 1 N–H and O–H groups in total. The van der Waals surface area contributed by atoms with E-state index in [2.05, 4.69) is 16.0 Å². The third-order valence-corrected chi connectivity index (χ3v) is 7.23. The van der Waals surface area contributed by atoms with Gasteiger partial charge in [0, 0.05) is 40.9 Å². The SMILES string of the molecule is O=C(CN1CCC(Oc2ccc3[nH]c(=O)c4c(c3c2)CCSC4)CC1)c1ccccc1. The van der Waals surface area contributed by atoms with Crippen molar-refractivity contribution < 1.29 is 9.53 Å². The summed E-state index contributed by atoms with van der Waals surface area (Å²) in [6, 6.07) is 15.5. The van der Waals surface area contributed by atoms with Crippen LogP contribution in [0, 0.1) is 0 Å². The molecule has 0 spiro atoms. The van der Waals surface area contributed by atoms with Gasteiger partial charge in [-0.25, -0.2) is 0 Å². The van der Waals surface area contributed by atoms with E-state index in [1.807, 2.05) is 54.2 Å². The predicted molar refractivity (Wildman–Crippen MR) is 125 cm³/mol. The lowest BCUT2D eigenvalue weighted by molar-refractivity contribution is 0.0791. The Bertz CT molecular complexity index is 1150. The Morgan fingerprint density at radius 1 is 1.10 bits per heavy atom. The van der Waals surface area contributed by atoms with Crippen LogP contribution in [0.25, 0.3) is 10.9 Å². The highest BCUT2D eigenvalue weighted by Crippen LogP contribution is 2.30. The van der Waals surface area contributed by atoms with Crippen molar-refractivity contribution >= 4 is 28.4 Å². The summed E-state index contributed by atoms with van der Waals surface area (Å²) in [4.78, 5) is 30.0. The molecule has 0 amide bonds. The summed E-state index contributed by atoms with van der Waals surface area (Å²) in [6.07, 6.45) is 2.88. The fraction of sp³-hybridized carbons (Fsp3) is 0.360. The number of hydrogen-bond donors (Lipinski definition) is 1. The second-order valence-corrected chi connectivity index (χ2v) is 9.41. The average Bonchev–Trinajstić information content (AvgIpc) is 2.81. The topological polar surface area (TPSA) is 62.4 Å². The molecule has 2 aromatic carbocycles. The van der Waals surface area contributed by atoms with E-state index in [1.54, 1.807) is 0 Å². The van der Waals surface area contributed by atoms with Gasteiger partial charge in [-0.2, -0.15) is 11.8 Å². The van der Waals surface area contributed by atoms with E-state index < -0.39 is 0 Å². The Morgan fingerprint density at radius 3 is 2.71 bits per heavy atom. The number of carbonyl (C=O) groups excluding carboxylic acids is 1. The summed E-state index contributed by atoms with van der Waals surface area (Å²) in [6.45, 7) is 2.18. The maximum Gasteiger partial charge on any atom is 0.252 e. The third kappa shape index (κ3) is 4.41. The second kappa shape index (κ2) is 8.89. The van der Waals surface area contributed by atoms with E-state index in [9.17, 15) is 9.59 Å². The molecule has 0 unspecified atom stereocenters. The van der Waals surface area contributed by atoms with Gasteiger partial charge in [0.25, 0.3) is 5.56 Å². The summed E-state index contributed by atoms with van der Waals surface area (Å²) >= 11 is 1.82. The summed E-state index contributed by atoms with van der Waals surface area (Å²) < 4.78 is 6.31. The van der Waals surface area contributed by atoms with Crippen LogP contribution in [0.2, 0.25) is 0 Å². The molecule has 3 heterocycles. The minimum atomic E-state index is 0.0424. The van der Waals surface area contributed by atoms with E-state index in [0.29, 0.717) is 6.54 Å². The Morgan fingerprint density at radius 2 is 1.90 bits per heavy atom. The molecule has 31 heavy (non-hydrogen) atoms. The number of nitrogens with one attached hydrogen (secondary N) is 1. The van der Waals surface area contributed by atoms with Crippen molar-refractivity contribution in [3.8, 4) is 5.75 Å². The lowest BCUT2D eigenvalue weighted by Gasteiger charge is -2.31. The first-order valence-electron chi connectivity index (χ1n) is 10.9. The highest BCUT2D eigenvalue weighted by atomic mass is 32.2. The molecule has 0 saturated carbocycles. The minimum Gasteiger partial charge on any atom is -0.490 e. The van der Waals surface area contributed by atoms with E-state index in [-0.39, 0.29) is 17.4 Å². The number of carbonyl (C=O) groups is 1. The maximum absolute atomic E-state index is 12.5. The highest BCUT2D eigenvalue weighted by Gasteiger charge is 2.23. The van der Waals surface area contributed by atoms with E-state index >= 15 is 0 Å². The first-order valence-corrected chi connectivity index (χ1v) is 12.1. The number of aromatic nitrogens is 1. The molecule has 0 bridgehead atoms. The highest BCUT2D eigenvalue weighted by molar-refractivity contribution is 7.98. The number of ketones is 1. The predicted octanol–water partition coefficient (Wildman–Crippen LogP) is 4.04. The number of pyridine rings is 1. The van der Waals surface area contributed by atoms with Crippen LogP contribution in [0.15, 0.2) is 53.3 Å². The van der Waals surface area contributed by atoms with Crippen molar-refractivity contribution in [3.05, 3.63) is 75.6 Å². The Labute approximate surface area is 185 Å². The summed E-state index contributed by atoms with van der Waals surface area (Å²) in [5, 5.41) is 1.11. The van der Waals surface area contributed by atoms with Crippen molar-refractivity contribution in [2.24, 2.45) is 0 Å². The van der Waals surface area contributed by atoms with E-state index in [4.69, 9.17) is 4.74 Å². The third-order valence-electron chi connectivity index (χ3n) is 6.25. The number of H-pyrrole nitrogens is 1. The molecule has 2 aliphatic heterocycles. The first-order chi connectivity index (χ1) is 15.2. The van der Waals surface area contributed by atoms with Gasteiger partial charge in [-0.3, -0.25) is 14.5 Å². The molecule has 160 valence electrons. The normalized spacial score (nSPS) is 17.4. The van der Waals surface area contributed by atoms with E-state index in [0.717, 1.165) is 71.6 Å². The number of benzene rings is 2. The quantitative estimate of drug-likeness (QED) is 0.614. The number of fused-ring (bicyclic) bond motifs is 3. The standard InChI is InChI=1S/C25H26N2O3S/c28-24(17-4-2-1-3-5-17)15-27-11-8-18(9-12-27)30-19-6-7-23-21(14-19)20-10-13-31-16-22(20)25(29)26-23/h1-7,14,18H,8-13,15-16H2,(H,26,29). The van der Waals surface area contributed by atoms with Crippen LogP contribution in [0.5, 0.6) is 5.75 Å². The molecule has 5 nitrogen and oxygen atoms in total. The number of aryl methyl sites for hydroxylation is 1. The van der Waals surface area contributed by atoms with Crippen LogP contribution in [0.4, 0.5) is 0 Å². The minimum absolute atomic E-state index is 0.0424. The zero-order chi connectivity index (χ0) is 21.2. The van der Waals surface area contributed by atoms with Gasteiger partial charge in [0.1, 0.15) is 11.9 Å². The second-order valence-electron chi connectivity index (χ2n) is 8.30. The van der Waals surface area contributed by atoms with Crippen LogP contribution < -0.4 is 10.3 Å². The molecule has 0 radical (unpaired) electrons. The van der Waals surface area contributed by atoms with Gasteiger partial charge in [-0.15, -0.1) is 0 Å². The number of ether oxygens (including phenoxy) is 1. The first kappa shape index (κ1) is 20.3. The van der Waals surface area contributed by atoms with Gasteiger partial charge in [-0.1, -0.05) is 30.3 Å². The smallest absolute Gasteiger partial charge is 0.252 e. The van der Waals surface area contributed by atoms with Gasteiger partial charge in [-0.05, 0) is 48.8 Å². The Kier molecular flexibility index (Phi) is 5.83. The molecule has 1 fully saturated rings. The lowest BCUT2D eigenvalue weighted by atomic mass is 10.0. The summed E-state index contributed by atoms with van der Waals surface area (Å²) in [7, 11) is 0. The van der Waals surface area contributed by atoms with Crippen LogP contribution in [0.1, 0.15) is 34.3 Å². The zero-order valence-corrected chi connectivity index (χ0v) is 18.2. The van der Waals surface area contributed by atoms with E-state index in [1.165, 1.54) is 5.56 Å². The van der Waals surface area contributed by atoms with Crippen molar-refractivity contribution in [2.75, 3.05) is 25.4 Å². The summed E-state index contributed by atoms with van der Waals surface area (Å²) in [5.74, 6) is 2.87. The molecule has 3 aromatic rings. The lowest BCUT2D eigenvalue weighted by Crippen LogP contribution is -2.40. The molecular weight excluding hydrogens is 408 g/mol. The van der Waals surface area contributed by atoms with Gasteiger partial charge in [0.2, 0.25) is 0 Å². The largest absolute Gasteiger partial charge is 0.490 e. The maximum atomic E-state index is 12.5. The fourth-order valence-electron chi connectivity index (χ4n) is 4.54. The van der Waals surface area contributed by atoms with Crippen molar-refractivity contribution in [1.29, 1.82) is 0 Å². The van der Waals surface area contributed by atoms with Crippen molar-refractivity contribution in [3.63, 3.8) is 0 Å². The Hall–Kier alpha value is -2.57. The number of aromatic amines is 1. The van der Waals surface area contributed by atoms with Crippen molar-refractivity contribution in [1.82, 2.24) is 9.88 Å². The van der Waals surface area contributed by atoms with Gasteiger partial charge in [0.15, 0.2) is 5.78 Å². The van der Waals surface area contributed by atoms with Gasteiger partial charge in [0.05, 0.1) is 6.54 Å². The average molecular weight is 435 g/mol. The molecule has 1 aromatic heterocycles. The Balaban J connectivity index is 1.24. The van der Waals surface area contributed by atoms with Gasteiger partial charge >= 0.3 is 0 Å².